The maximum atomic E-state index is 12.9. The molecule has 0 radical (unpaired) electrons. The summed E-state index contributed by atoms with van der Waals surface area (Å²) in [6, 6.07) is -0.907. The molecule has 1 amide bonds. The first-order valence-electron chi connectivity index (χ1n) is 27.9. The standard InChI is InChI=1S/C56H109N2O6P/c1-6-8-10-12-14-16-18-20-22-24-26-27-28-29-30-32-33-35-37-39-41-43-45-47-49-55(59)54(53-64-65(61,62)63-52-51-58(3,4)5)57-56(60)50-48-46-44-42-40-38-36-34-31-25-23-21-19-17-15-13-11-9-7-2/h32-33,39,41,47,49,54-55,59H,6-31,34-38,40,42-46,48,50-53H2,1-5H3,(H-,57,60,61,62)/b33-32+,41-39+,49-47+. The molecule has 0 rings (SSSR count). The van der Waals surface area contributed by atoms with E-state index in [1.165, 1.54) is 199 Å². The van der Waals surface area contributed by atoms with Crippen LogP contribution in [0.2, 0.25) is 0 Å². The molecule has 0 saturated heterocycles. The molecule has 65 heavy (non-hydrogen) atoms. The van der Waals surface area contributed by atoms with Gasteiger partial charge in [0.15, 0.2) is 0 Å². The SMILES string of the molecule is CCCCCCCCCCCCCCCC/C=C/CC/C=C/CC/C=C/C(O)C(COP(=O)([O-])OCC[N+](C)(C)C)NC(=O)CCCCCCCCCCCCCCCCCCCCC. The van der Waals surface area contributed by atoms with Crippen molar-refractivity contribution in [2.75, 3.05) is 40.9 Å². The van der Waals surface area contributed by atoms with Crippen LogP contribution in [0.3, 0.4) is 0 Å². The van der Waals surface area contributed by atoms with Crippen LogP contribution in [0.4, 0.5) is 0 Å². The Morgan fingerprint density at radius 1 is 0.523 bits per heavy atom. The second-order valence-corrected chi connectivity index (χ2v) is 21.7. The zero-order valence-corrected chi connectivity index (χ0v) is 44.6. The number of nitrogens with one attached hydrogen (secondary N) is 1. The molecular weight excluding hydrogens is 828 g/mol. The molecule has 0 aliphatic heterocycles. The Hall–Kier alpha value is -1.28. The molecule has 2 N–H and O–H groups in total. The Kier molecular flexibility index (Phi) is 46.8. The average Bonchev–Trinajstić information content (AvgIpc) is 3.26. The van der Waals surface area contributed by atoms with E-state index in [2.05, 4.69) is 43.5 Å². The zero-order valence-electron chi connectivity index (χ0n) is 43.7. The Labute approximate surface area is 404 Å². The third kappa shape index (κ3) is 50.4. The summed E-state index contributed by atoms with van der Waals surface area (Å²) < 4.78 is 23.3. The minimum Gasteiger partial charge on any atom is -0.756 e. The number of carbonyl (C=O) groups is 1. The molecule has 3 atom stereocenters. The fourth-order valence-corrected chi connectivity index (χ4v) is 8.91. The van der Waals surface area contributed by atoms with Crippen LogP contribution in [0, 0.1) is 0 Å². The van der Waals surface area contributed by atoms with Crippen LogP contribution >= 0.6 is 7.82 Å². The van der Waals surface area contributed by atoms with Gasteiger partial charge in [0.05, 0.1) is 39.9 Å². The van der Waals surface area contributed by atoms with Gasteiger partial charge < -0.3 is 28.8 Å². The van der Waals surface area contributed by atoms with E-state index in [-0.39, 0.29) is 12.5 Å². The quantitative estimate of drug-likeness (QED) is 0.0272. The number of unbranched alkanes of at least 4 members (excludes halogenated alkanes) is 34. The Balaban J connectivity index is 4.31. The van der Waals surface area contributed by atoms with Crippen molar-refractivity contribution in [2.24, 2.45) is 0 Å². The van der Waals surface area contributed by atoms with Gasteiger partial charge in [0.2, 0.25) is 5.91 Å². The second-order valence-electron chi connectivity index (χ2n) is 20.3. The summed E-state index contributed by atoms with van der Waals surface area (Å²) in [5.41, 5.74) is 0. The van der Waals surface area contributed by atoms with Crippen molar-refractivity contribution < 1.29 is 32.9 Å². The van der Waals surface area contributed by atoms with Crippen LogP contribution < -0.4 is 10.2 Å². The lowest BCUT2D eigenvalue weighted by Crippen LogP contribution is -2.45. The van der Waals surface area contributed by atoms with Crippen molar-refractivity contribution in [3.8, 4) is 0 Å². The number of quaternary nitrogens is 1. The minimum absolute atomic E-state index is 0.00744. The van der Waals surface area contributed by atoms with Gasteiger partial charge in [-0.15, -0.1) is 0 Å². The van der Waals surface area contributed by atoms with Gasteiger partial charge in [-0.2, -0.15) is 0 Å². The number of phosphoric acid groups is 1. The smallest absolute Gasteiger partial charge is 0.268 e. The number of carbonyl (C=O) groups excluding carboxylic acids is 1. The van der Waals surface area contributed by atoms with Gasteiger partial charge in [-0.1, -0.05) is 249 Å². The van der Waals surface area contributed by atoms with E-state index in [0.29, 0.717) is 17.4 Å². The second kappa shape index (κ2) is 47.8. The number of hydrogen-bond donors (Lipinski definition) is 2. The molecule has 0 heterocycles. The molecule has 0 aromatic rings. The lowest BCUT2D eigenvalue weighted by Gasteiger charge is -2.29. The molecule has 0 aliphatic rings. The van der Waals surface area contributed by atoms with Crippen molar-refractivity contribution >= 4 is 13.7 Å². The van der Waals surface area contributed by atoms with E-state index in [1.54, 1.807) is 6.08 Å². The largest absolute Gasteiger partial charge is 0.756 e. The molecule has 8 nitrogen and oxygen atoms in total. The van der Waals surface area contributed by atoms with Crippen molar-refractivity contribution in [3.63, 3.8) is 0 Å². The van der Waals surface area contributed by atoms with E-state index >= 15 is 0 Å². The van der Waals surface area contributed by atoms with E-state index in [0.717, 1.165) is 44.9 Å². The molecule has 0 bridgehead atoms. The predicted octanol–water partition coefficient (Wildman–Crippen LogP) is 16.0. The summed E-state index contributed by atoms with van der Waals surface area (Å²) in [5, 5.41) is 13.8. The number of hydrogen-bond acceptors (Lipinski definition) is 6. The van der Waals surface area contributed by atoms with E-state index in [4.69, 9.17) is 9.05 Å². The predicted molar refractivity (Wildman–Crippen MR) is 279 cm³/mol. The molecule has 9 heteroatoms. The lowest BCUT2D eigenvalue weighted by molar-refractivity contribution is -0.870. The van der Waals surface area contributed by atoms with Crippen LogP contribution in [0.5, 0.6) is 0 Å². The molecular formula is C56H109N2O6P. The monoisotopic (exact) mass is 937 g/mol. The summed E-state index contributed by atoms with van der Waals surface area (Å²) in [5.74, 6) is -0.207. The van der Waals surface area contributed by atoms with Crippen molar-refractivity contribution in [1.82, 2.24) is 5.32 Å². The van der Waals surface area contributed by atoms with Gasteiger partial charge in [-0.05, 0) is 44.9 Å². The van der Waals surface area contributed by atoms with Crippen LogP contribution in [-0.4, -0.2) is 68.5 Å². The van der Waals surface area contributed by atoms with Crippen molar-refractivity contribution in [1.29, 1.82) is 0 Å². The maximum absolute atomic E-state index is 12.9. The van der Waals surface area contributed by atoms with Crippen LogP contribution in [0.1, 0.15) is 264 Å². The molecule has 0 spiro atoms. The van der Waals surface area contributed by atoms with Gasteiger partial charge in [0, 0.05) is 6.42 Å². The topological polar surface area (TPSA) is 108 Å². The Morgan fingerprint density at radius 2 is 0.862 bits per heavy atom. The van der Waals surface area contributed by atoms with E-state index in [9.17, 15) is 19.4 Å². The summed E-state index contributed by atoms with van der Waals surface area (Å²) in [7, 11) is 1.24. The van der Waals surface area contributed by atoms with Gasteiger partial charge in [0.1, 0.15) is 13.2 Å². The highest BCUT2D eigenvalue weighted by atomic mass is 31.2. The first kappa shape index (κ1) is 63.7. The van der Waals surface area contributed by atoms with E-state index < -0.39 is 26.6 Å². The normalized spacial score (nSPS) is 14.3. The minimum atomic E-state index is -4.60. The van der Waals surface area contributed by atoms with Gasteiger partial charge in [0.25, 0.3) is 7.82 Å². The number of likely N-dealkylation sites (N-methyl/N-ethyl adjacent to an activating group) is 1. The molecule has 384 valence electrons. The fourth-order valence-electron chi connectivity index (χ4n) is 8.19. The van der Waals surface area contributed by atoms with E-state index in [1.807, 2.05) is 27.2 Å². The molecule has 3 unspecified atom stereocenters. The van der Waals surface area contributed by atoms with Crippen LogP contribution in [0.25, 0.3) is 0 Å². The van der Waals surface area contributed by atoms with Crippen molar-refractivity contribution in [2.45, 2.75) is 276 Å². The fraction of sp³-hybridized carbons (Fsp3) is 0.875. The maximum Gasteiger partial charge on any atom is 0.268 e. The summed E-state index contributed by atoms with van der Waals surface area (Å²) in [6.07, 6.45) is 60.8. The Bertz CT molecular complexity index is 1150. The third-order valence-electron chi connectivity index (χ3n) is 12.6. The highest BCUT2D eigenvalue weighted by Crippen LogP contribution is 2.38. The number of amides is 1. The summed E-state index contributed by atoms with van der Waals surface area (Å²) >= 11 is 0. The van der Waals surface area contributed by atoms with Crippen LogP contribution in [0.15, 0.2) is 36.5 Å². The van der Waals surface area contributed by atoms with Crippen LogP contribution in [-0.2, 0) is 18.4 Å². The molecule has 0 aromatic heterocycles. The number of phosphoric ester groups is 1. The number of aliphatic hydroxyl groups excluding tert-OH is 1. The van der Waals surface area contributed by atoms with Gasteiger partial charge >= 0.3 is 0 Å². The summed E-state index contributed by atoms with van der Waals surface area (Å²) in [4.78, 5) is 25.4. The third-order valence-corrected chi connectivity index (χ3v) is 13.5. The molecule has 0 aromatic carbocycles. The van der Waals surface area contributed by atoms with Gasteiger partial charge in [-0.3, -0.25) is 9.36 Å². The average molecular weight is 937 g/mol. The number of nitrogens with zero attached hydrogens (tertiary/aromatic N) is 1. The Morgan fingerprint density at radius 3 is 1.25 bits per heavy atom. The molecule has 0 saturated carbocycles. The van der Waals surface area contributed by atoms with Gasteiger partial charge in [-0.25, -0.2) is 0 Å². The van der Waals surface area contributed by atoms with Crippen molar-refractivity contribution in [3.05, 3.63) is 36.5 Å². The summed E-state index contributed by atoms with van der Waals surface area (Å²) in [6.45, 7) is 4.65. The number of aliphatic hydroxyl groups is 1. The highest BCUT2D eigenvalue weighted by Gasteiger charge is 2.23. The highest BCUT2D eigenvalue weighted by molar-refractivity contribution is 7.45. The number of rotatable bonds is 51. The molecule has 0 aliphatic carbocycles. The number of allylic oxidation sites excluding steroid dienone is 5. The first-order valence-corrected chi connectivity index (χ1v) is 29.3. The first-order chi connectivity index (χ1) is 31.5. The lowest BCUT2D eigenvalue weighted by atomic mass is 10.0. The molecule has 0 fully saturated rings. The zero-order chi connectivity index (χ0) is 47.8.